The van der Waals surface area contributed by atoms with Gasteiger partial charge in [0.15, 0.2) is 9.84 Å². The van der Waals surface area contributed by atoms with Crippen molar-refractivity contribution in [2.24, 2.45) is 7.05 Å². The molecular weight excluding hydrogens is 392 g/mol. The molecule has 154 valence electrons. The number of hydrogen-bond donors (Lipinski definition) is 2. The Hall–Kier alpha value is -2.58. The number of benzene rings is 1. The van der Waals surface area contributed by atoms with Gasteiger partial charge in [-0.15, -0.1) is 0 Å². The Morgan fingerprint density at radius 3 is 2.55 bits per heavy atom. The first-order chi connectivity index (χ1) is 13.7. The Labute approximate surface area is 168 Å². The highest BCUT2D eigenvalue weighted by Gasteiger charge is 2.24. The average molecular weight is 416 g/mol. The monoisotopic (exact) mass is 416 g/mol. The largest absolute Gasteiger partial charge is 0.490 e. The molecule has 0 amide bonds. The average Bonchev–Trinajstić information content (AvgIpc) is 3.01. The van der Waals surface area contributed by atoms with Crippen LogP contribution < -0.4 is 10.3 Å². The van der Waals surface area contributed by atoms with Crippen LogP contribution in [0.4, 0.5) is 0 Å². The highest BCUT2D eigenvalue weighted by molar-refractivity contribution is 7.90. The van der Waals surface area contributed by atoms with Crippen molar-refractivity contribution >= 4 is 20.7 Å². The number of H-pyrrole nitrogens is 1. The van der Waals surface area contributed by atoms with Gasteiger partial charge in [-0.25, -0.2) is 8.42 Å². The minimum absolute atomic E-state index is 0.0420. The Kier molecular flexibility index (Phi) is 5.00. The summed E-state index contributed by atoms with van der Waals surface area (Å²) >= 11 is 0. The number of hydrogen-bond acceptors (Lipinski definition) is 5. The zero-order valence-electron chi connectivity index (χ0n) is 16.4. The smallest absolute Gasteiger partial charge is 0.272 e. The van der Waals surface area contributed by atoms with Gasteiger partial charge >= 0.3 is 0 Å². The number of aromatic nitrogens is 2. The quantitative estimate of drug-likeness (QED) is 0.681. The highest BCUT2D eigenvalue weighted by atomic mass is 32.2. The summed E-state index contributed by atoms with van der Waals surface area (Å²) < 4.78 is 32.3. The second kappa shape index (κ2) is 7.35. The molecule has 0 atom stereocenters. The fraction of sp³-hybridized carbons (Fsp3) is 0.381. The van der Waals surface area contributed by atoms with E-state index in [1.54, 1.807) is 42.1 Å². The van der Waals surface area contributed by atoms with Crippen LogP contribution in [0, 0.1) is 0 Å². The molecule has 1 aliphatic rings. The van der Waals surface area contributed by atoms with Crippen LogP contribution in [-0.2, 0) is 16.9 Å². The normalized spacial score (nSPS) is 20.1. The van der Waals surface area contributed by atoms with Gasteiger partial charge in [-0.2, -0.15) is 0 Å². The SMILES string of the molecule is Cn1cc(-c2cc(S(C)(=O)=O)ccc2O[C@H]2CC[C@@H](O)CC2)c2cc[nH]c(=O)c21. The number of nitrogens with one attached hydrogen (secondary N) is 1. The van der Waals surface area contributed by atoms with E-state index in [0.29, 0.717) is 29.7 Å². The van der Waals surface area contributed by atoms with Gasteiger partial charge in [0.05, 0.1) is 17.1 Å². The van der Waals surface area contributed by atoms with Crippen LogP contribution in [0.1, 0.15) is 25.7 Å². The molecule has 0 saturated heterocycles. The minimum Gasteiger partial charge on any atom is -0.490 e. The van der Waals surface area contributed by atoms with E-state index in [2.05, 4.69) is 4.98 Å². The fourth-order valence-electron chi connectivity index (χ4n) is 3.98. The first-order valence-corrected chi connectivity index (χ1v) is 11.5. The summed E-state index contributed by atoms with van der Waals surface area (Å²) in [6.07, 6.45) is 7.09. The van der Waals surface area contributed by atoms with E-state index in [9.17, 15) is 18.3 Å². The summed E-state index contributed by atoms with van der Waals surface area (Å²) in [5, 5.41) is 10.5. The van der Waals surface area contributed by atoms with Crippen LogP contribution in [0.2, 0.25) is 0 Å². The van der Waals surface area contributed by atoms with E-state index in [1.165, 1.54) is 6.26 Å². The van der Waals surface area contributed by atoms with Crippen molar-refractivity contribution in [3.8, 4) is 16.9 Å². The number of pyridine rings is 1. The van der Waals surface area contributed by atoms with Gasteiger partial charge in [0, 0.05) is 42.2 Å². The third-order valence-electron chi connectivity index (χ3n) is 5.51. The number of aliphatic hydroxyl groups is 1. The topological polar surface area (TPSA) is 101 Å². The summed E-state index contributed by atoms with van der Waals surface area (Å²) in [6, 6.07) is 6.64. The van der Waals surface area contributed by atoms with Crippen LogP contribution in [-0.4, -0.2) is 41.5 Å². The van der Waals surface area contributed by atoms with E-state index in [1.807, 2.05) is 6.20 Å². The maximum atomic E-state index is 12.3. The molecule has 1 aromatic carbocycles. The standard InChI is InChI=1S/C21H24N2O5S/c1-23-12-18(16-9-10-22-21(25)20(16)23)17-11-15(29(2,26)27)7-8-19(17)28-14-5-3-13(24)4-6-14/h7-14,24H,3-6H2,1-2H3,(H,22,25)/t13-,14+. The lowest BCUT2D eigenvalue weighted by Crippen LogP contribution is -2.26. The summed E-state index contributed by atoms with van der Waals surface area (Å²) in [4.78, 5) is 15.1. The molecule has 0 unspecified atom stereocenters. The number of rotatable bonds is 4. The molecule has 1 saturated carbocycles. The Balaban J connectivity index is 1.86. The van der Waals surface area contributed by atoms with Gasteiger partial charge in [0.25, 0.3) is 5.56 Å². The summed E-state index contributed by atoms with van der Waals surface area (Å²) in [5.74, 6) is 0.576. The molecular formula is C21H24N2O5S. The maximum Gasteiger partial charge on any atom is 0.272 e. The van der Waals surface area contributed by atoms with Crippen LogP contribution in [0.3, 0.4) is 0 Å². The molecule has 2 aromatic heterocycles. The number of aromatic amines is 1. The molecule has 1 aliphatic carbocycles. The van der Waals surface area contributed by atoms with Gasteiger partial charge in [-0.1, -0.05) is 0 Å². The van der Waals surface area contributed by atoms with Crippen LogP contribution in [0.5, 0.6) is 5.75 Å². The van der Waals surface area contributed by atoms with E-state index >= 15 is 0 Å². The zero-order valence-corrected chi connectivity index (χ0v) is 17.2. The molecule has 0 bridgehead atoms. The highest BCUT2D eigenvalue weighted by Crippen LogP contribution is 2.38. The van der Waals surface area contributed by atoms with Gasteiger partial charge in [0.1, 0.15) is 11.3 Å². The predicted octanol–water partition coefficient (Wildman–Crippen LogP) is 2.62. The number of aliphatic hydroxyl groups excluding tert-OH is 1. The van der Waals surface area contributed by atoms with Crippen LogP contribution in [0.25, 0.3) is 22.0 Å². The van der Waals surface area contributed by atoms with Gasteiger partial charge in [-0.3, -0.25) is 4.79 Å². The lowest BCUT2D eigenvalue weighted by atomic mass is 9.95. The zero-order chi connectivity index (χ0) is 20.8. The van der Waals surface area contributed by atoms with E-state index < -0.39 is 9.84 Å². The second-order valence-electron chi connectivity index (χ2n) is 7.70. The first kappa shape index (κ1) is 19.7. The van der Waals surface area contributed by atoms with Crippen LogP contribution >= 0.6 is 0 Å². The lowest BCUT2D eigenvalue weighted by molar-refractivity contribution is 0.0668. The Morgan fingerprint density at radius 2 is 1.86 bits per heavy atom. The molecule has 4 rings (SSSR count). The number of nitrogens with zero attached hydrogens (tertiary/aromatic N) is 1. The van der Waals surface area contributed by atoms with Crippen LogP contribution in [0.15, 0.2) is 46.3 Å². The third-order valence-corrected chi connectivity index (χ3v) is 6.62. The minimum atomic E-state index is -3.41. The molecule has 1 fully saturated rings. The molecule has 7 nitrogen and oxygen atoms in total. The van der Waals surface area contributed by atoms with Crippen molar-refractivity contribution < 1.29 is 18.3 Å². The molecule has 2 N–H and O–H groups in total. The summed E-state index contributed by atoms with van der Waals surface area (Å²) in [5.41, 5.74) is 1.68. The van der Waals surface area contributed by atoms with Crippen molar-refractivity contribution in [1.82, 2.24) is 9.55 Å². The number of fused-ring (bicyclic) bond motifs is 1. The lowest BCUT2D eigenvalue weighted by Gasteiger charge is -2.27. The molecule has 0 aliphatic heterocycles. The maximum absolute atomic E-state index is 12.3. The Bertz CT molecular complexity index is 1220. The van der Waals surface area contributed by atoms with Gasteiger partial charge < -0.3 is 19.4 Å². The van der Waals surface area contributed by atoms with Crippen molar-refractivity contribution in [2.75, 3.05) is 6.26 Å². The number of aryl methyl sites for hydroxylation is 1. The van der Waals surface area contributed by atoms with E-state index in [0.717, 1.165) is 23.8 Å². The first-order valence-electron chi connectivity index (χ1n) is 9.60. The molecule has 0 spiro atoms. The number of sulfone groups is 1. The molecule has 2 heterocycles. The van der Waals surface area contributed by atoms with Crippen molar-refractivity contribution in [3.05, 3.63) is 47.0 Å². The molecule has 3 aromatic rings. The number of ether oxygens (including phenoxy) is 1. The third kappa shape index (κ3) is 3.82. The van der Waals surface area contributed by atoms with E-state index in [-0.39, 0.29) is 22.7 Å². The molecule has 8 heteroatoms. The summed E-state index contributed by atoms with van der Waals surface area (Å²) in [6.45, 7) is 0. The fourth-order valence-corrected chi connectivity index (χ4v) is 4.62. The summed E-state index contributed by atoms with van der Waals surface area (Å²) in [7, 11) is -1.63. The molecule has 29 heavy (non-hydrogen) atoms. The van der Waals surface area contributed by atoms with Crippen molar-refractivity contribution in [2.45, 2.75) is 42.8 Å². The predicted molar refractivity (Wildman–Crippen MR) is 111 cm³/mol. The van der Waals surface area contributed by atoms with E-state index in [4.69, 9.17) is 4.74 Å². The second-order valence-corrected chi connectivity index (χ2v) is 9.72. The van der Waals surface area contributed by atoms with Crippen molar-refractivity contribution in [1.29, 1.82) is 0 Å². The Morgan fingerprint density at radius 1 is 1.14 bits per heavy atom. The van der Waals surface area contributed by atoms with Gasteiger partial charge in [0.2, 0.25) is 0 Å². The molecule has 0 radical (unpaired) electrons. The van der Waals surface area contributed by atoms with Crippen molar-refractivity contribution in [3.63, 3.8) is 0 Å². The van der Waals surface area contributed by atoms with Gasteiger partial charge in [-0.05, 0) is 49.9 Å².